The smallest absolute Gasteiger partial charge is 0.151 e. The van der Waals surface area contributed by atoms with E-state index in [9.17, 15) is 0 Å². The molecule has 144 valence electrons. The van der Waals surface area contributed by atoms with E-state index in [1.165, 1.54) is 12.8 Å². The highest BCUT2D eigenvalue weighted by atomic mass is 15.3. The summed E-state index contributed by atoms with van der Waals surface area (Å²) in [6.45, 7) is 2.90. The minimum Gasteiger partial charge on any atom is -0.366 e. The summed E-state index contributed by atoms with van der Waals surface area (Å²) in [5, 5.41) is 8.02. The van der Waals surface area contributed by atoms with E-state index in [1.54, 1.807) is 0 Å². The van der Waals surface area contributed by atoms with Crippen LogP contribution in [-0.4, -0.2) is 40.5 Å². The van der Waals surface area contributed by atoms with Crippen LogP contribution in [0.1, 0.15) is 18.4 Å². The number of fused-ring (bicyclic) bond motifs is 1. The van der Waals surface area contributed by atoms with Crippen LogP contribution >= 0.6 is 0 Å². The molecule has 0 spiro atoms. The maximum Gasteiger partial charge on any atom is 0.151 e. The van der Waals surface area contributed by atoms with Gasteiger partial charge in [0.1, 0.15) is 19.5 Å². The molecule has 0 saturated carbocycles. The van der Waals surface area contributed by atoms with Crippen LogP contribution in [0.4, 0.5) is 11.6 Å². The van der Waals surface area contributed by atoms with Crippen LogP contribution in [0, 0.1) is 0 Å². The second kappa shape index (κ2) is 7.58. The Balaban J connectivity index is 1.41. The minimum absolute atomic E-state index is 0.680. The highest BCUT2D eigenvalue weighted by Gasteiger charge is 2.13. The van der Waals surface area contributed by atoms with E-state index >= 15 is 0 Å². The van der Waals surface area contributed by atoms with E-state index in [-0.39, 0.29) is 0 Å². The maximum absolute atomic E-state index is 4.82. The summed E-state index contributed by atoms with van der Waals surface area (Å²) in [6, 6.07) is 16.6. The second-order valence-corrected chi connectivity index (χ2v) is 7.53. The molecule has 0 radical (unpaired) electrons. The molecule has 4 aromatic rings. The summed E-state index contributed by atoms with van der Waals surface area (Å²) in [5.41, 5.74) is 5.10. The molecular formula is C22H23BN6. The molecule has 6 nitrogen and oxygen atoms in total. The zero-order chi connectivity index (χ0) is 19.6. The molecule has 7 heteroatoms. The van der Waals surface area contributed by atoms with Crippen LogP contribution in [-0.2, 0) is 6.54 Å². The SMILES string of the molecule is Bc1cnn2c(NCc3ccc(N4CCCC4)nc3)cc(-c3ccccc3)nc12. The molecular weight excluding hydrogens is 359 g/mol. The Hall–Kier alpha value is -3.35. The molecule has 29 heavy (non-hydrogen) atoms. The van der Waals surface area contributed by atoms with Gasteiger partial charge in [0.05, 0.1) is 5.69 Å². The number of hydrogen-bond donors (Lipinski definition) is 1. The van der Waals surface area contributed by atoms with Crippen molar-refractivity contribution in [2.24, 2.45) is 0 Å². The van der Waals surface area contributed by atoms with Crippen LogP contribution in [0.15, 0.2) is 60.9 Å². The van der Waals surface area contributed by atoms with E-state index in [0.29, 0.717) is 6.54 Å². The summed E-state index contributed by atoms with van der Waals surface area (Å²) in [5.74, 6) is 2.00. The van der Waals surface area contributed by atoms with E-state index in [0.717, 1.165) is 52.7 Å². The van der Waals surface area contributed by atoms with Gasteiger partial charge in [-0.15, -0.1) is 0 Å². The van der Waals surface area contributed by atoms with Crippen molar-refractivity contribution in [3.05, 3.63) is 66.5 Å². The van der Waals surface area contributed by atoms with Crippen molar-refractivity contribution in [3.8, 4) is 11.3 Å². The molecule has 1 aliphatic heterocycles. The predicted molar refractivity (Wildman–Crippen MR) is 120 cm³/mol. The third kappa shape index (κ3) is 3.56. The Bertz CT molecular complexity index is 1120. The standard InChI is InChI=1S/C22H23BN6/c23-18-15-26-29-21(12-19(27-22(18)29)17-6-2-1-3-7-17)25-14-16-8-9-20(24-13-16)28-10-4-5-11-28/h1-3,6-9,12-13,15,25H,4-5,10-11,14,23H2. The van der Waals surface area contributed by atoms with E-state index in [1.807, 2.05) is 43.0 Å². The number of rotatable bonds is 5. The second-order valence-electron chi connectivity index (χ2n) is 7.53. The molecule has 5 rings (SSSR count). The molecule has 1 saturated heterocycles. The zero-order valence-corrected chi connectivity index (χ0v) is 16.5. The molecule has 3 aromatic heterocycles. The van der Waals surface area contributed by atoms with Crippen molar-refractivity contribution >= 4 is 30.6 Å². The number of hydrogen-bond acceptors (Lipinski definition) is 5. The number of nitrogens with one attached hydrogen (secondary N) is 1. The first-order valence-corrected chi connectivity index (χ1v) is 10.1. The van der Waals surface area contributed by atoms with Gasteiger partial charge in [-0.1, -0.05) is 36.4 Å². The van der Waals surface area contributed by atoms with Crippen LogP contribution in [0.5, 0.6) is 0 Å². The molecule has 0 bridgehead atoms. The van der Waals surface area contributed by atoms with Crippen LogP contribution in [0.2, 0.25) is 0 Å². The lowest BCUT2D eigenvalue weighted by atomic mass is 10.0. The van der Waals surface area contributed by atoms with Gasteiger partial charge in [-0.05, 0) is 29.9 Å². The molecule has 4 heterocycles. The van der Waals surface area contributed by atoms with Crippen molar-refractivity contribution in [2.75, 3.05) is 23.3 Å². The van der Waals surface area contributed by atoms with Gasteiger partial charge in [-0.25, -0.2) is 9.97 Å². The fourth-order valence-electron chi connectivity index (χ4n) is 3.80. The van der Waals surface area contributed by atoms with Crippen LogP contribution < -0.4 is 15.7 Å². The Labute approximate surface area is 171 Å². The normalized spacial score (nSPS) is 13.9. The minimum atomic E-state index is 0.680. The Morgan fingerprint density at radius 2 is 1.83 bits per heavy atom. The van der Waals surface area contributed by atoms with Crippen LogP contribution in [0.25, 0.3) is 16.9 Å². The van der Waals surface area contributed by atoms with Crippen molar-refractivity contribution < 1.29 is 0 Å². The average Bonchev–Trinajstić information content (AvgIpc) is 3.44. The first-order chi connectivity index (χ1) is 14.3. The molecule has 0 unspecified atom stereocenters. The van der Waals surface area contributed by atoms with Gasteiger partial charge in [-0.2, -0.15) is 9.61 Å². The van der Waals surface area contributed by atoms with Gasteiger partial charge in [0.15, 0.2) is 5.65 Å². The highest BCUT2D eigenvalue weighted by molar-refractivity contribution is 6.36. The van der Waals surface area contributed by atoms with Gasteiger partial charge in [0, 0.05) is 43.7 Å². The zero-order valence-electron chi connectivity index (χ0n) is 16.5. The average molecular weight is 382 g/mol. The van der Waals surface area contributed by atoms with Crippen molar-refractivity contribution in [1.29, 1.82) is 0 Å². The van der Waals surface area contributed by atoms with Crippen molar-refractivity contribution in [3.63, 3.8) is 0 Å². The Kier molecular flexibility index (Phi) is 4.64. The molecule has 0 atom stereocenters. The number of pyridine rings is 1. The lowest BCUT2D eigenvalue weighted by Gasteiger charge is -2.16. The fourth-order valence-corrected chi connectivity index (χ4v) is 3.80. The predicted octanol–water partition coefficient (Wildman–Crippen LogP) is 2.26. The third-order valence-corrected chi connectivity index (χ3v) is 5.43. The summed E-state index contributed by atoms with van der Waals surface area (Å²) < 4.78 is 1.87. The molecule has 0 aliphatic carbocycles. The van der Waals surface area contributed by atoms with Gasteiger partial charge in [0.25, 0.3) is 0 Å². The van der Waals surface area contributed by atoms with E-state index in [4.69, 9.17) is 4.98 Å². The summed E-state index contributed by atoms with van der Waals surface area (Å²) in [6.07, 6.45) is 6.34. The number of benzene rings is 1. The quantitative estimate of drug-likeness (QED) is 0.537. The lowest BCUT2D eigenvalue weighted by molar-refractivity contribution is 0.917. The molecule has 1 aliphatic rings. The van der Waals surface area contributed by atoms with Crippen molar-refractivity contribution in [2.45, 2.75) is 19.4 Å². The monoisotopic (exact) mass is 382 g/mol. The number of aromatic nitrogens is 4. The van der Waals surface area contributed by atoms with Crippen molar-refractivity contribution in [1.82, 2.24) is 19.6 Å². The van der Waals surface area contributed by atoms with Gasteiger partial charge < -0.3 is 10.2 Å². The van der Waals surface area contributed by atoms with Crippen LogP contribution in [0.3, 0.4) is 0 Å². The van der Waals surface area contributed by atoms with E-state index < -0.39 is 0 Å². The number of nitrogens with zero attached hydrogens (tertiary/aromatic N) is 5. The van der Waals surface area contributed by atoms with Gasteiger partial charge in [0.2, 0.25) is 0 Å². The maximum atomic E-state index is 4.82. The third-order valence-electron chi connectivity index (χ3n) is 5.43. The summed E-state index contributed by atoms with van der Waals surface area (Å²) in [7, 11) is 2.04. The topological polar surface area (TPSA) is 58.4 Å². The van der Waals surface area contributed by atoms with Gasteiger partial charge >= 0.3 is 0 Å². The first kappa shape index (κ1) is 17.7. The Morgan fingerprint density at radius 3 is 2.59 bits per heavy atom. The van der Waals surface area contributed by atoms with E-state index in [2.05, 4.69) is 50.6 Å². The summed E-state index contributed by atoms with van der Waals surface area (Å²) >= 11 is 0. The molecule has 1 fully saturated rings. The fraction of sp³-hybridized carbons (Fsp3) is 0.227. The molecule has 0 amide bonds. The number of anilines is 2. The highest BCUT2D eigenvalue weighted by Crippen LogP contribution is 2.22. The first-order valence-electron chi connectivity index (χ1n) is 10.1. The largest absolute Gasteiger partial charge is 0.366 e. The summed E-state index contributed by atoms with van der Waals surface area (Å²) in [4.78, 5) is 11.8. The lowest BCUT2D eigenvalue weighted by Crippen LogP contribution is -2.18. The molecule has 1 N–H and O–H groups in total. The van der Waals surface area contributed by atoms with Gasteiger partial charge in [-0.3, -0.25) is 0 Å². The molecule has 1 aromatic carbocycles. The Morgan fingerprint density at radius 1 is 1.00 bits per heavy atom.